The highest BCUT2D eigenvalue weighted by atomic mass is 13.9. The summed E-state index contributed by atoms with van der Waals surface area (Å²) in [6, 6.07) is 0. The zero-order valence-corrected chi connectivity index (χ0v) is 7.78. The molecule has 0 heteroatoms. The first-order valence-corrected chi connectivity index (χ1v) is 4.03. The predicted octanol–water partition coefficient (Wildman–Crippen LogP) is 3.95. The zero-order chi connectivity index (χ0) is 8.41. The maximum absolute atomic E-state index is 3.79. The van der Waals surface area contributed by atoms with Gasteiger partial charge in [-0.25, -0.2) is 0 Å². The van der Waals surface area contributed by atoms with Crippen LogP contribution in [0.3, 0.4) is 0 Å². The second-order valence-electron chi connectivity index (χ2n) is 2.06. The predicted molar refractivity (Wildman–Crippen MR) is 50.2 cm³/mol. The van der Waals surface area contributed by atoms with E-state index in [2.05, 4.69) is 25.7 Å². The molecule has 0 N–H and O–H groups in total. The van der Waals surface area contributed by atoms with Gasteiger partial charge in [-0.2, -0.15) is 0 Å². The molecule has 0 rings (SSSR count). The Morgan fingerprint density at radius 3 is 2.20 bits per heavy atom. The van der Waals surface area contributed by atoms with Crippen molar-refractivity contribution >= 4 is 0 Å². The van der Waals surface area contributed by atoms with Gasteiger partial charge < -0.3 is 0 Å². The van der Waals surface area contributed by atoms with Crippen LogP contribution >= 0.6 is 0 Å². The molecule has 0 aliphatic rings. The Labute approximate surface area is 65.7 Å². The van der Waals surface area contributed by atoms with E-state index in [1.165, 1.54) is 5.57 Å². The summed E-state index contributed by atoms with van der Waals surface area (Å²) in [7, 11) is 0. The van der Waals surface area contributed by atoms with E-state index in [9.17, 15) is 0 Å². The van der Waals surface area contributed by atoms with Gasteiger partial charge in [-0.05, 0) is 26.7 Å². The molecule has 0 aromatic carbocycles. The van der Waals surface area contributed by atoms with Crippen LogP contribution in [0.4, 0.5) is 0 Å². The third-order valence-corrected chi connectivity index (χ3v) is 0.973. The molecule has 0 fully saturated rings. The summed E-state index contributed by atoms with van der Waals surface area (Å²) in [5.41, 5.74) is 1.27. The lowest BCUT2D eigenvalue weighted by Gasteiger charge is -1.90. The summed E-state index contributed by atoms with van der Waals surface area (Å²) < 4.78 is 0. The van der Waals surface area contributed by atoms with E-state index in [1.54, 1.807) is 0 Å². The van der Waals surface area contributed by atoms with Gasteiger partial charge in [-0.1, -0.05) is 31.6 Å². The van der Waals surface area contributed by atoms with Crippen LogP contribution in [0.2, 0.25) is 0 Å². The van der Waals surface area contributed by atoms with Gasteiger partial charge in [0, 0.05) is 0 Å². The van der Waals surface area contributed by atoms with E-state index >= 15 is 0 Å². The lowest BCUT2D eigenvalue weighted by molar-refractivity contribution is 0.982. The average Bonchev–Trinajstić information content (AvgIpc) is 1.92. The SMILES string of the molecule is C=C(C)CC/C=C\C.CC. The molecule has 0 heterocycles. The minimum atomic E-state index is 1.13. The van der Waals surface area contributed by atoms with Crippen LogP contribution in [0.15, 0.2) is 24.3 Å². The molecule has 0 spiro atoms. The summed E-state index contributed by atoms with van der Waals surface area (Å²) in [5.74, 6) is 0. The molecule has 0 saturated heterocycles. The Balaban J connectivity index is 0. The zero-order valence-electron chi connectivity index (χ0n) is 7.78. The second kappa shape index (κ2) is 11.3. The Bertz CT molecular complexity index is 88.2. The molecule has 0 aromatic heterocycles. The molecule has 0 saturated carbocycles. The van der Waals surface area contributed by atoms with Crippen molar-refractivity contribution in [2.45, 2.75) is 40.5 Å². The van der Waals surface area contributed by atoms with Gasteiger partial charge in [0.2, 0.25) is 0 Å². The van der Waals surface area contributed by atoms with E-state index in [-0.39, 0.29) is 0 Å². The molecule has 0 aliphatic carbocycles. The highest BCUT2D eigenvalue weighted by Crippen LogP contribution is 1.99. The quantitative estimate of drug-likeness (QED) is 0.521. The molecule has 0 nitrogen and oxygen atoms in total. The van der Waals surface area contributed by atoms with Crippen LogP contribution < -0.4 is 0 Å². The minimum absolute atomic E-state index is 1.13. The van der Waals surface area contributed by atoms with Crippen LogP contribution in [0, 0.1) is 0 Å². The first kappa shape index (κ1) is 12.2. The average molecular weight is 140 g/mol. The van der Waals surface area contributed by atoms with Gasteiger partial charge in [0.1, 0.15) is 0 Å². The van der Waals surface area contributed by atoms with Crippen molar-refractivity contribution in [3.8, 4) is 0 Å². The lowest BCUT2D eigenvalue weighted by Crippen LogP contribution is -1.69. The monoisotopic (exact) mass is 140 g/mol. The van der Waals surface area contributed by atoms with Gasteiger partial charge in [-0.15, -0.1) is 6.58 Å². The number of allylic oxidation sites excluding steroid dienone is 3. The Hall–Kier alpha value is -0.520. The highest BCUT2D eigenvalue weighted by Gasteiger charge is 1.79. The van der Waals surface area contributed by atoms with Gasteiger partial charge in [-0.3, -0.25) is 0 Å². The summed E-state index contributed by atoms with van der Waals surface area (Å²) in [5, 5.41) is 0. The molecule has 0 bridgehead atoms. The summed E-state index contributed by atoms with van der Waals surface area (Å²) in [6.07, 6.45) is 6.51. The largest absolute Gasteiger partial charge is 0.100 e. The Morgan fingerprint density at radius 1 is 1.40 bits per heavy atom. The summed E-state index contributed by atoms with van der Waals surface area (Å²) in [6.45, 7) is 11.9. The first-order chi connectivity index (χ1) is 4.77. The molecular formula is C10H20. The minimum Gasteiger partial charge on any atom is -0.100 e. The second-order valence-corrected chi connectivity index (χ2v) is 2.06. The lowest BCUT2D eigenvalue weighted by atomic mass is 10.2. The molecular weight excluding hydrogens is 120 g/mol. The van der Waals surface area contributed by atoms with Crippen LogP contribution in [-0.2, 0) is 0 Å². The van der Waals surface area contributed by atoms with Crippen molar-refractivity contribution in [3.63, 3.8) is 0 Å². The molecule has 10 heavy (non-hydrogen) atoms. The molecule has 0 unspecified atom stereocenters. The van der Waals surface area contributed by atoms with E-state index < -0.39 is 0 Å². The van der Waals surface area contributed by atoms with E-state index in [4.69, 9.17) is 0 Å². The topological polar surface area (TPSA) is 0 Å². The highest BCUT2D eigenvalue weighted by molar-refractivity contribution is 4.91. The fourth-order valence-corrected chi connectivity index (χ4v) is 0.496. The van der Waals surface area contributed by atoms with Crippen molar-refractivity contribution in [1.29, 1.82) is 0 Å². The van der Waals surface area contributed by atoms with E-state index in [1.807, 2.05) is 20.8 Å². The summed E-state index contributed by atoms with van der Waals surface area (Å²) in [4.78, 5) is 0. The number of hydrogen-bond donors (Lipinski definition) is 0. The smallest absolute Gasteiger partial charge is 0.0291 e. The van der Waals surface area contributed by atoms with Crippen LogP contribution in [0.25, 0.3) is 0 Å². The molecule has 0 aromatic rings. The summed E-state index contributed by atoms with van der Waals surface area (Å²) >= 11 is 0. The number of rotatable bonds is 3. The molecule has 60 valence electrons. The van der Waals surface area contributed by atoms with Gasteiger partial charge >= 0.3 is 0 Å². The molecule has 0 radical (unpaired) electrons. The molecule has 0 amide bonds. The van der Waals surface area contributed by atoms with Crippen LogP contribution in [-0.4, -0.2) is 0 Å². The van der Waals surface area contributed by atoms with Crippen molar-refractivity contribution in [3.05, 3.63) is 24.3 Å². The standard InChI is InChI=1S/C8H14.C2H6/c1-4-5-6-7-8(2)3;1-2/h4-5H,2,6-7H2,1,3H3;1-2H3/b5-4-;. The van der Waals surface area contributed by atoms with Gasteiger partial charge in [0.25, 0.3) is 0 Å². The van der Waals surface area contributed by atoms with Crippen molar-refractivity contribution in [2.24, 2.45) is 0 Å². The number of hydrogen-bond acceptors (Lipinski definition) is 0. The van der Waals surface area contributed by atoms with E-state index in [0.29, 0.717) is 0 Å². The van der Waals surface area contributed by atoms with Crippen molar-refractivity contribution < 1.29 is 0 Å². The molecule has 0 atom stereocenters. The maximum atomic E-state index is 3.79. The van der Waals surface area contributed by atoms with Crippen molar-refractivity contribution in [1.82, 2.24) is 0 Å². The van der Waals surface area contributed by atoms with Gasteiger partial charge in [0.15, 0.2) is 0 Å². The fourth-order valence-electron chi connectivity index (χ4n) is 0.496. The van der Waals surface area contributed by atoms with Gasteiger partial charge in [0.05, 0.1) is 0 Å². The van der Waals surface area contributed by atoms with Crippen LogP contribution in [0.5, 0.6) is 0 Å². The van der Waals surface area contributed by atoms with E-state index in [0.717, 1.165) is 12.8 Å². The third kappa shape index (κ3) is 15.6. The third-order valence-electron chi connectivity index (χ3n) is 0.973. The Kier molecular flexibility index (Phi) is 13.8. The maximum Gasteiger partial charge on any atom is -0.0291 e. The first-order valence-electron chi connectivity index (χ1n) is 4.03. The Morgan fingerprint density at radius 2 is 1.90 bits per heavy atom. The normalized spacial score (nSPS) is 8.80. The molecule has 0 aliphatic heterocycles. The van der Waals surface area contributed by atoms with Crippen molar-refractivity contribution in [2.75, 3.05) is 0 Å². The van der Waals surface area contributed by atoms with Crippen LogP contribution in [0.1, 0.15) is 40.5 Å². The fraction of sp³-hybridized carbons (Fsp3) is 0.600.